The molecule has 1 unspecified atom stereocenters. The molecule has 0 spiro atoms. The third kappa shape index (κ3) is 4.53. The van der Waals surface area contributed by atoms with Gasteiger partial charge in [0.2, 0.25) is 11.8 Å². The van der Waals surface area contributed by atoms with Gasteiger partial charge in [0.1, 0.15) is 18.0 Å². The molecule has 3 N–H and O–H groups in total. The van der Waals surface area contributed by atoms with Gasteiger partial charge in [0.25, 0.3) is 0 Å². The number of piperazine rings is 1. The Labute approximate surface area is 218 Å². The van der Waals surface area contributed by atoms with Gasteiger partial charge >= 0.3 is 0 Å². The highest BCUT2D eigenvalue weighted by Gasteiger charge is 2.34. The summed E-state index contributed by atoms with van der Waals surface area (Å²) in [5, 5.41) is 13.1. The number of hydrogen-bond donors (Lipinski definition) is 2. The van der Waals surface area contributed by atoms with E-state index in [4.69, 9.17) is 10.5 Å². The van der Waals surface area contributed by atoms with Crippen molar-refractivity contribution in [1.82, 2.24) is 24.8 Å². The van der Waals surface area contributed by atoms with Crippen molar-refractivity contribution in [1.29, 1.82) is 5.26 Å². The van der Waals surface area contributed by atoms with Crippen LogP contribution in [0, 0.1) is 35.8 Å². The number of nitrogens with zero attached hydrogens (tertiary/aromatic N) is 5. The molecule has 1 aromatic carbocycles. The van der Waals surface area contributed by atoms with Gasteiger partial charge in [0.15, 0.2) is 17.4 Å². The average Bonchev–Trinajstić information content (AvgIpc) is 3.71. The Kier molecular flexibility index (Phi) is 6.93. The maximum absolute atomic E-state index is 15.6. The second kappa shape index (κ2) is 10.3. The second-order valence-electron chi connectivity index (χ2n) is 9.36. The number of rotatable bonds is 7. The number of ether oxygens (including phenoxy) is 1. The molecule has 11 heteroatoms. The fraction of sp³-hybridized carbons (Fsp3) is 0.333. The first kappa shape index (κ1) is 25.5. The van der Waals surface area contributed by atoms with Gasteiger partial charge in [0.05, 0.1) is 17.3 Å². The first-order chi connectivity index (χ1) is 18.3. The maximum Gasteiger partial charge on any atom is 0.240 e. The minimum absolute atomic E-state index is 0.0918. The zero-order valence-electron chi connectivity index (χ0n) is 20.9. The number of allylic oxidation sites excluding steroid dienone is 2. The number of aromatic nitrogens is 3. The lowest BCUT2D eigenvalue weighted by Gasteiger charge is -2.34. The van der Waals surface area contributed by atoms with Crippen LogP contribution in [0.4, 0.5) is 8.78 Å². The standard InChI is InChI=1S/C27H27F2N7O2/c1-3-4-20(35-9-7-32-8-10-35)23(31)24-18(13-30)26(34-14-33-24)38-21-12-19(28)25-17(22(21)29)11-15(2)36(25)27(37)16-5-6-16/h3-4,11-12,14,16,23,32H,1,5-10,31H2,2H3/b20-4+. The number of nitrogens with two attached hydrogens (primary N) is 1. The van der Waals surface area contributed by atoms with Crippen molar-refractivity contribution >= 4 is 16.8 Å². The Balaban J connectivity index is 1.52. The predicted molar refractivity (Wildman–Crippen MR) is 136 cm³/mol. The lowest BCUT2D eigenvalue weighted by atomic mass is 10.0. The normalized spacial score (nSPS) is 16.8. The zero-order valence-corrected chi connectivity index (χ0v) is 20.9. The number of hydrogen-bond acceptors (Lipinski definition) is 8. The Morgan fingerprint density at radius 2 is 2.05 bits per heavy atom. The van der Waals surface area contributed by atoms with Gasteiger partial charge < -0.3 is 20.7 Å². The molecule has 0 bridgehead atoms. The predicted octanol–water partition coefficient (Wildman–Crippen LogP) is 3.71. The second-order valence-corrected chi connectivity index (χ2v) is 9.36. The first-order valence-corrected chi connectivity index (χ1v) is 12.4. The fourth-order valence-electron chi connectivity index (χ4n) is 4.79. The number of carbonyl (C=O) groups is 1. The number of fused-ring (bicyclic) bond motifs is 1. The molecule has 1 saturated carbocycles. The van der Waals surface area contributed by atoms with Crippen LogP contribution >= 0.6 is 0 Å². The first-order valence-electron chi connectivity index (χ1n) is 12.4. The third-order valence-electron chi connectivity index (χ3n) is 6.81. The van der Waals surface area contributed by atoms with Crippen LogP contribution < -0.4 is 15.8 Å². The smallest absolute Gasteiger partial charge is 0.240 e. The largest absolute Gasteiger partial charge is 0.434 e. The molecule has 38 heavy (non-hydrogen) atoms. The summed E-state index contributed by atoms with van der Waals surface area (Å²) in [6.07, 6.45) is 6.00. The topological polar surface area (TPSA) is 122 Å². The summed E-state index contributed by atoms with van der Waals surface area (Å²) in [5.74, 6) is -2.84. The quantitative estimate of drug-likeness (QED) is 0.453. The van der Waals surface area contributed by atoms with Crippen LogP contribution in [0.1, 0.15) is 40.6 Å². The van der Waals surface area contributed by atoms with Gasteiger partial charge in [-0.1, -0.05) is 12.7 Å². The summed E-state index contributed by atoms with van der Waals surface area (Å²) < 4.78 is 37.7. The van der Waals surface area contributed by atoms with E-state index >= 15 is 8.78 Å². The van der Waals surface area contributed by atoms with E-state index in [1.165, 1.54) is 10.6 Å². The summed E-state index contributed by atoms with van der Waals surface area (Å²) in [6.45, 7) is 8.34. The van der Waals surface area contributed by atoms with Crippen LogP contribution in [0.15, 0.2) is 42.9 Å². The fourth-order valence-corrected chi connectivity index (χ4v) is 4.79. The Bertz CT molecular complexity index is 1500. The lowest BCUT2D eigenvalue weighted by Crippen LogP contribution is -2.44. The van der Waals surface area contributed by atoms with Crippen LogP contribution in [0.25, 0.3) is 10.9 Å². The van der Waals surface area contributed by atoms with Crippen molar-refractivity contribution in [2.45, 2.75) is 25.8 Å². The maximum atomic E-state index is 15.6. The molecule has 2 aromatic heterocycles. The van der Waals surface area contributed by atoms with Gasteiger partial charge in [-0.2, -0.15) is 5.26 Å². The van der Waals surface area contributed by atoms with Crippen molar-refractivity contribution in [3.63, 3.8) is 0 Å². The van der Waals surface area contributed by atoms with Crippen LogP contribution in [-0.4, -0.2) is 51.5 Å². The minimum Gasteiger partial charge on any atom is -0.434 e. The van der Waals surface area contributed by atoms with Crippen molar-refractivity contribution in [3.8, 4) is 17.7 Å². The highest BCUT2D eigenvalue weighted by Crippen LogP contribution is 2.38. The Morgan fingerprint density at radius 3 is 2.71 bits per heavy atom. The molecule has 9 nitrogen and oxygen atoms in total. The molecule has 3 aromatic rings. The Hall–Kier alpha value is -4.14. The molecule has 1 atom stereocenters. The van der Waals surface area contributed by atoms with E-state index in [1.807, 2.05) is 6.07 Å². The minimum atomic E-state index is -0.867. The molecule has 2 fully saturated rings. The third-order valence-corrected chi connectivity index (χ3v) is 6.81. The zero-order chi connectivity index (χ0) is 27.0. The Morgan fingerprint density at radius 1 is 1.32 bits per heavy atom. The molecule has 1 aliphatic heterocycles. The number of benzene rings is 1. The van der Waals surface area contributed by atoms with Crippen molar-refractivity contribution < 1.29 is 18.3 Å². The summed E-state index contributed by atoms with van der Waals surface area (Å²) in [4.78, 5) is 23.0. The van der Waals surface area contributed by atoms with E-state index in [1.54, 1.807) is 19.1 Å². The van der Waals surface area contributed by atoms with Gasteiger partial charge in [-0.3, -0.25) is 9.36 Å². The molecule has 0 radical (unpaired) electrons. The van der Waals surface area contributed by atoms with Gasteiger partial charge in [-0.05, 0) is 31.9 Å². The molecule has 5 rings (SSSR count). The highest BCUT2D eigenvalue weighted by atomic mass is 19.1. The van der Waals surface area contributed by atoms with Crippen molar-refractivity contribution in [3.05, 3.63) is 71.5 Å². The van der Waals surface area contributed by atoms with Gasteiger partial charge in [0, 0.05) is 54.9 Å². The number of aryl methyl sites for hydroxylation is 1. The lowest BCUT2D eigenvalue weighted by molar-refractivity contribution is 0.0889. The molecule has 1 aliphatic carbocycles. The van der Waals surface area contributed by atoms with Gasteiger partial charge in [-0.25, -0.2) is 18.7 Å². The molecule has 0 amide bonds. The van der Waals surface area contributed by atoms with E-state index in [9.17, 15) is 10.1 Å². The van der Waals surface area contributed by atoms with Crippen LogP contribution in [0.5, 0.6) is 11.6 Å². The number of carbonyl (C=O) groups excluding carboxylic acids is 1. The molecule has 2 aliphatic rings. The number of nitrogens with one attached hydrogen (secondary N) is 1. The van der Waals surface area contributed by atoms with E-state index in [2.05, 4.69) is 26.8 Å². The summed E-state index contributed by atoms with van der Waals surface area (Å²) in [5.41, 5.74) is 7.64. The van der Waals surface area contributed by atoms with Crippen LogP contribution in [-0.2, 0) is 0 Å². The number of halogens is 2. The number of nitriles is 1. The molecule has 196 valence electrons. The molecular weight excluding hydrogens is 492 g/mol. The van der Waals surface area contributed by atoms with Crippen LogP contribution in [0.2, 0.25) is 0 Å². The molecular formula is C27H27F2N7O2. The van der Waals surface area contributed by atoms with Crippen molar-refractivity contribution in [2.75, 3.05) is 26.2 Å². The average molecular weight is 520 g/mol. The molecule has 1 saturated heterocycles. The van der Waals surface area contributed by atoms with E-state index in [-0.39, 0.29) is 39.9 Å². The summed E-state index contributed by atoms with van der Waals surface area (Å²) in [6, 6.07) is 3.46. The van der Waals surface area contributed by atoms with E-state index in [0.29, 0.717) is 24.5 Å². The monoisotopic (exact) mass is 519 g/mol. The van der Waals surface area contributed by atoms with Crippen LogP contribution in [0.3, 0.4) is 0 Å². The summed E-state index contributed by atoms with van der Waals surface area (Å²) >= 11 is 0. The highest BCUT2D eigenvalue weighted by molar-refractivity contribution is 5.96. The summed E-state index contributed by atoms with van der Waals surface area (Å²) in [7, 11) is 0. The molecule has 3 heterocycles. The van der Waals surface area contributed by atoms with E-state index < -0.39 is 23.4 Å². The van der Waals surface area contributed by atoms with Crippen molar-refractivity contribution in [2.24, 2.45) is 11.7 Å². The SMILES string of the molecule is C=C/C=C(\C(N)c1ncnc(Oc2cc(F)c3c(cc(C)n3C(=O)C3CC3)c2F)c1C#N)N1CCNCC1. The van der Waals surface area contributed by atoms with Gasteiger partial charge in [-0.15, -0.1) is 0 Å². The van der Waals surface area contributed by atoms with E-state index in [0.717, 1.165) is 38.3 Å².